The molecule has 1 atom stereocenters. The number of hydrogen-bond acceptors (Lipinski definition) is 2. The monoisotopic (exact) mass is 322 g/mol. The van der Waals surface area contributed by atoms with Crippen LogP contribution in [-0.2, 0) is 9.47 Å². The summed E-state index contributed by atoms with van der Waals surface area (Å²) < 4.78 is 24.4. The molecular formula is C11H12FIO2. The van der Waals surface area contributed by atoms with Gasteiger partial charge in [-0.05, 0) is 17.7 Å². The molecule has 0 radical (unpaired) electrons. The van der Waals surface area contributed by atoms with Crippen LogP contribution in [0.5, 0.6) is 0 Å². The highest BCUT2D eigenvalue weighted by atomic mass is 127. The predicted molar refractivity (Wildman–Crippen MR) is 63.7 cm³/mol. The zero-order valence-electron chi connectivity index (χ0n) is 8.16. The van der Waals surface area contributed by atoms with Gasteiger partial charge in [-0.25, -0.2) is 4.39 Å². The van der Waals surface area contributed by atoms with Crippen molar-refractivity contribution in [2.45, 2.75) is 12.2 Å². The molecular weight excluding hydrogens is 310 g/mol. The van der Waals surface area contributed by atoms with E-state index >= 15 is 0 Å². The summed E-state index contributed by atoms with van der Waals surface area (Å²) in [4.78, 5) is 0. The molecule has 1 aromatic carbocycles. The van der Waals surface area contributed by atoms with Gasteiger partial charge in [0.25, 0.3) is 0 Å². The van der Waals surface area contributed by atoms with Gasteiger partial charge < -0.3 is 9.47 Å². The molecule has 0 spiro atoms. The first-order valence-electron chi connectivity index (χ1n) is 4.84. The van der Waals surface area contributed by atoms with Gasteiger partial charge in [-0.2, -0.15) is 0 Å². The van der Waals surface area contributed by atoms with Crippen LogP contribution in [0.15, 0.2) is 24.3 Å². The second-order valence-corrected chi connectivity index (χ2v) is 4.37. The SMILES string of the molecule is Fc1ccc(C(CI)OC2COC2)cc1. The lowest BCUT2D eigenvalue weighted by atomic mass is 10.1. The van der Waals surface area contributed by atoms with E-state index in [0.29, 0.717) is 13.2 Å². The van der Waals surface area contributed by atoms with Crippen molar-refractivity contribution in [2.24, 2.45) is 0 Å². The average molecular weight is 322 g/mol. The van der Waals surface area contributed by atoms with Crippen molar-refractivity contribution in [1.29, 1.82) is 0 Å². The maximum Gasteiger partial charge on any atom is 0.123 e. The van der Waals surface area contributed by atoms with Gasteiger partial charge in [0.15, 0.2) is 0 Å². The number of alkyl halides is 1. The number of halogens is 2. The Morgan fingerprint density at radius 1 is 1.40 bits per heavy atom. The predicted octanol–water partition coefficient (Wildman–Crippen LogP) is 2.72. The molecule has 15 heavy (non-hydrogen) atoms. The van der Waals surface area contributed by atoms with Crippen molar-refractivity contribution < 1.29 is 13.9 Å². The van der Waals surface area contributed by atoms with Crippen molar-refractivity contribution in [3.8, 4) is 0 Å². The molecule has 2 nitrogen and oxygen atoms in total. The molecule has 1 unspecified atom stereocenters. The lowest BCUT2D eigenvalue weighted by molar-refractivity contribution is -0.150. The summed E-state index contributed by atoms with van der Waals surface area (Å²) in [7, 11) is 0. The summed E-state index contributed by atoms with van der Waals surface area (Å²) in [6.45, 7) is 1.35. The Morgan fingerprint density at radius 3 is 2.53 bits per heavy atom. The lowest BCUT2D eigenvalue weighted by Gasteiger charge is -2.30. The molecule has 82 valence electrons. The first-order valence-corrected chi connectivity index (χ1v) is 6.37. The molecule has 2 rings (SSSR count). The standard InChI is InChI=1S/C11H12FIO2/c12-9-3-1-8(2-4-9)11(5-13)15-10-6-14-7-10/h1-4,10-11H,5-7H2. The first kappa shape index (κ1) is 11.3. The normalized spacial score (nSPS) is 18.5. The number of ether oxygens (including phenoxy) is 2. The quantitative estimate of drug-likeness (QED) is 0.627. The van der Waals surface area contributed by atoms with Crippen LogP contribution in [0.25, 0.3) is 0 Å². The van der Waals surface area contributed by atoms with Gasteiger partial charge in [0, 0.05) is 4.43 Å². The van der Waals surface area contributed by atoms with E-state index in [1.54, 1.807) is 12.1 Å². The molecule has 0 saturated carbocycles. The minimum atomic E-state index is -0.210. The zero-order chi connectivity index (χ0) is 10.7. The van der Waals surface area contributed by atoms with Crippen LogP contribution in [0, 0.1) is 5.82 Å². The van der Waals surface area contributed by atoms with E-state index in [9.17, 15) is 4.39 Å². The molecule has 1 fully saturated rings. The molecule has 4 heteroatoms. The van der Waals surface area contributed by atoms with Crippen molar-refractivity contribution >= 4 is 22.6 Å². The Morgan fingerprint density at radius 2 is 2.07 bits per heavy atom. The molecule has 1 aromatic rings. The largest absolute Gasteiger partial charge is 0.376 e. The Labute approximate surface area is 102 Å². The van der Waals surface area contributed by atoms with Crippen molar-refractivity contribution in [2.75, 3.05) is 17.6 Å². The molecule has 1 saturated heterocycles. The molecule has 0 amide bonds. The van der Waals surface area contributed by atoms with E-state index in [1.165, 1.54) is 12.1 Å². The van der Waals surface area contributed by atoms with Crippen LogP contribution in [-0.4, -0.2) is 23.7 Å². The summed E-state index contributed by atoms with van der Waals surface area (Å²) in [6, 6.07) is 6.49. The maximum absolute atomic E-state index is 12.7. The summed E-state index contributed by atoms with van der Waals surface area (Å²) in [6.07, 6.45) is 0.245. The molecule has 1 aliphatic rings. The zero-order valence-corrected chi connectivity index (χ0v) is 10.3. The van der Waals surface area contributed by atoms with Crippen LogP contribution in [0.4, 0.5) is 4.39 Å². The highest BCUT2D eigenvalue weighted by molar-refractivity contribution is 14.1. The fourth-order valence-electron chi connectivity index (χ4n) is 1.41. The van der Waals surface area contributed by atoms with Crippen molar-refractivity contribution in [3.05, 3.63) is 35.6 Å². The van der Waals surface area contributed by atoms with Gasteiger partial charge in [0.2, 0.25) is 0 Å². The van der Waals surface area contributed by atoms with Gasteiger partial charge in [-0.1, -0.05) is 34.7 Å². The lowest BCUT2D eigenvalue weighted by Crippen LogP contribution is -2.37. The van der Waals surface area contributed by atoms with E-state index in [1.807, 2.05) is 0 Å². The smallest absolute Gasteiger partial charge is 0.123 e. The summed E-state index contributed by atoms with van der Waals surface area (Å²) in [5.41, 5.74) is 1.03. The van der Waals surface area contributed by atoms with Crippen molar-refractivity contribution in [3.63, 3.8) is 0 Å². The minimum Gasteiger partial charge on any atom is -0.376 e. The summed E-state index contributed by atoms with van der Waals surface area (Å²) >= 11 is 2.28. The van der Waals surface area contributed by atoms with Crippen LogP contribution in [0.1, 0.15) is 11.7 Å². The third-order valence-corrected chi connectivity index (χ3v) is 3.15. The fourth-order valence-corrected chi connectivity index (χ4v) is 2.12. The Bertz CT molecular complexity index is 311. The summed E-state index contributed by atoms with van der Waals surface area (Å²) in [5.74, 6) is -0.210. The summed E-state index contributed by atoms with van der Waals surface area (Å²) in [5, 5.41) is 0. The van der Waals surface area contributed by atoms with Crippen LogP contribution in [0.2, 0.25) is 0 Å². The molecule has 1 aliphatic heterocycles. The van der Waals surface area contributed by atoms with Gasteiger partial charge in [0.1, 0.15) is 11.9 Å². The maximum atomic E-state index is 12.7. The Kier molecular flexibility index (Phi) is 3.93. The Hall–Kier alpha value is -0.200. The highest BCUT2D eigenvalue weighted by Gasteiger charge is 2.23. The molecule has 0 aromatic heterocycles. The van der Waals surface area contributed by atoms with E-state index in [2.05, 4.69) is 22.6 Å². The topological polar surface area (TPSA) is 18.5 Å². The van der Waals surface area contributed by atoms with Crippen molar-refractivity contribution in [1.82, 2.24) is 0 Å². The van der Waals surface area contributed by atoms with E-state index in [0.717, 1.165) is 9.99 Å². The van der Waals surface area contributed by atoms with Crippen LogP contribution < -0.4 is 0 Å². The van der Waals surface area contributed by atoms with Gasteiger partial charge in [0.05, 0.1) is 19.3 Å². The second-order valence-electron chi connectivity index (χ2n) is 3.49. The molecule has 0 bridgehead atoms. The Balaban J connectivity index is 2.01. The number of hydrogen-bond donors (Lipinski definition) is 0. The van der Waals surface area contributed by atoms with Crippen LogP contribution >= 0.6 is 22.6 Å². The minimum absolute atomic E-state index is 0.0418. The van der Waals surface area contributed by atoms with E-state index in [4.69, 9.17) is 9.47 Å². The second kappa shape index (κ2) is 5.23. The van der Waals surface area contributed by atoms with Gasteiger partial charge in [-0.15, -0.1) is 0 Å². The van der Waals surface area contributed by atoms with Crippen LogP contribution in [0.3, 0.4) is 0 Å². The third-order valence-electron chi connectivity index (χ3n) is 2.35. The van der Waals surface area contributed by atoms with E-state index in [-0.39, 0.29) is 18.0 Å². The molecule has 1 heterocycles. The fraction of sp³-hybridized carbons (Fsp3) is 0.455. The number of rotatable bonds is 4. The molecule has 0 N–H and O–H groups in total. The van der Waals surface area contributed by atoms with Gasteiger partial charge >= 0.3 is 0 Å². The third kappa shape index (κ3) is 2.89. The highest BCUT2D eigenvalue weighted by Crippen LogP contribution is 2.24. The molecule has 0 aliphatic carbocycles. The first-order chi connectivity index (χ1) is 7.29. The van der Waals surface area contributed by atoms with Gasteiger partial charge in [-0.3, -0.25) is 0 Å². The van der Waals surface area contributed by atoms with E-state index < -0.39 is 0 Å². The number of benzene rings is 1. The average Bonchev–Trinajstić information content (AvgIpc) is 2.19.